The standard InChI is InChI=1S/C11H24O2/c1-4-6-11(8-12,9-13)7-10(3)5-2/h10,12-13H,4-9H2,1-3H3. The summed E-state index contributed by atoms with van der Waals surface area (Å²) >= 11 is 0. The van der Waals surface area contributed by atoms with Gasteiger partial charge >= 0.3 is 0 Å². The van der Waals surface area contributed by atoms with Gasteiger partial charge in [-0.25, -0.2) is 0 Å². The van der Waals surface area contributed by atoms with Crippen molar-refractivity contribution in [3.63, 3.8) is 0 Å². The summed E-state index contributed by atoms with van der Waals surface area (Å²) in [4.78, 5) is 0. The molecule has 80 valence electrons. The molecule has 0 amide bonds. The monoisotopic (exact) mass is 188 g/mol. The van der Waals surface area contributed by atoms with Crippen LogP contribution < -0.4 is 0 Å². The van der Waals surface area contributed by atoms with Crippen LogP contribution in [0.25, 0.3) is 0 Å². The topological polar surface area (TPSA) is 40.5 Å². The highest BCUT2D eigenvalue weighted by molar-refractivity contribution is 4.79. The molecule has 0 heterocycles. The van der Waals surface area contributed by atoms with E-state index < -0.39 is 0 Å². The summed E-state index contributed by atoms with van der Waals surface area (Å²) < 4.78 is 0. The van der Waals surface area contributed by atoms with Gasteiger partial charge in [0.1, 0.15) is 0 Å². The number of rotatable bonds is 7. The molecule has 0 aromatic rings. The Morgan fingerprint density at radius 3 is 2.00 bits per heavy atom. The van der Waals surface area contributed by atoms with Gasteiger partial charge < -0.3 is 10.2 Å². The maximum absolute atomic E-state index is 9.29. The van der Waals surface area contributed by atoms with Crippen LogP contribution in [0.2, 0.25) is 0 Å². The maximum atomic E-state index is 9.29. The van der Waals surface area contributed by atoms with Gasteiger partial charge in [-0.1, -0.05) is 33.6 Å². The Morgan fingerprint density at radius 2 is 1.69 bits per heavy atom. The van der Waals surface area contributed by atoms with E-state index in [2.05, 4.69) is 20.8 Å². The lowest BCUT2D eigenvalue weighted by molar-refractivity contribution is 0.0267. The zero-order valence-corrected chi connectivity index (χ0v) is 9.21. The second-order valence-corrected chi connectivity index (χ2v) is 4.28. The van der Waals surface area contributed by atoms with Crippen LogP contribution in [0, 0.1) is 11.3 Å². The van der Waals surface area contributed by atoms with Gasteiger partial charge in [-0.2, -0.15) is 0 Å². The van der Waals surface area contributed by atoms with Crippen molar-refractivity contribution in [1.29, 1.82) is 0 Å². The highest BCUT2D eigenvalue weighted by Gasteiger charge is 2.29. The first-order valence-electron chi connectivity index (χ1n) is 5.35. The molecule has 0 aromatic carbocycles. The quantitative estimate of drug-likeness (QED) is 0.643. The van der Waals surface area contributed by atoms with Crippen molar-refractivity contribution in [3.8, 4) is 0 Å². The number of aliphatic hydroxyl groups is 2. The fraction of sp³-hybridized carbons (Fsp3) is 1.00. The van der Waals surface area contributed by atoms with E-state index in [0.29, 0.717) is 5.92 Å². The zero-order chi connectivity index (χ0) is 10.3. The molecule has 2 nitrogen and oxygen atoms in total. The molecule has 0 aliphatic rings. The summed E-state index contributed by atoms with van der Waals surface area (Å²) in [6.45, 7) is 6.64. The summed E-state index contributed by atoms with van der Waals surface area (Å²) in [6, 6.07) is 0. The van der Waals surface area contributed by atoms with Gasteiger partial charge in [0, 0.05) is 5.41 Å². The normalized spacial score (nSPS) is 14.5. The van der Waals surface area contributed by atoms with E-state index in [0.717, 1.165) is 25.7 Å². The Kier molecular flexibility index (Phi) is 6.35. The van der Waals surface area contributed by atoms with Crippen LogP contribution in [0.3, 0.4) is 0 Å². The summed E-state index contributed by atoms with van der Waals surface area (Å²) in [5, 5.41) is 18.6. The van der Waals surface area contributed by atoms with Crippen molar-refractivity contribution < 1.29 is 10.2 Å². The average Bonchev–Trinajstić information content (AvgIpc) is 2.17. The fourth-order valence-corrected chi connectivity index (χ4v) is 1.85. The van der Waals surface area contributed by atoms with E-state index >= 15 is 0 Å². The molecule has 0 aromatic heterocycles. The first kappa shape index (κ1) is 12.9. The van der Waals surface area contributed by atoms with E-state index in [1.807, 2.05) is 0 Å². The van der Waals surface area contributed by atoms with Gasteiger partial charge in [0.2, 0.25) is 0 Å². The minimum atomic E-state index is -0.232. The van der Waals surface area contributed by atoms with Crippen molar-refractivity contribution in [1.82, 2.24) is 0 Å². The van der Waals surface area contributed by atoms with Gasteiger partial charge in [0.05, 0.1) is 13.2 Å². The molecule has 2 N–H and O–H groups in total. The number of hydrogen-bond acceptors (Lipinski definition) is 2. The molecule has 0 rings (SSSR count). The molecule has 0 saturated carbocycles. The van der Waals surface area contributed by atoms with E-state index in [4.69, 9.17) is 0 Å². The Bertz CT molecular complexity index is 119. The highest BCUT2D eigenvalue weighted by atomic mass is 16.3. The third-order valence-electron chi connectivity index (χ3n) is 2.93. The smallest absolute Gasteiger partial charge is 0.0509 e. The summed E-state index contributed by atoms with van der Waals surface area (Å²) in [7, 11) is 0. The SMILES string of the molecule is CCCC(CO)(CO)CC(C)CC. The second-order valence-electron chi connectivity index (χ2n) is 4.28. The molecule has 0 bridgehead atoms. The lowest BCUT2D eigenvalue weighted by atomic mass is 9.77. The van der Waals surface area contributed by atoms with Crippen molar-refractivity contribution >= 4 is 0 Å². The van der Waals surface area contributed by atoms with Crippen molar-refractivity contribution in [2.45, 2.75) is 46.5 Å². The van der Waals surface area contributed by atoms with Crippen LogP contribution in [-0.4, -0.2) is 23.4 Å². The van der Waals surface area contributed by atoms with Crippen LogP contribution in [0.5, 0.6) is 0 Å². The van der Waals surface area contributed by atoms with Crippen LogP contribution in [0.1, 0.15) is 46.5 Å². The number of aliphatic hydroxyl groups excluding tert-OH is 2. The van der Waals surface area contributed by atoms with E-state index in [1.54, 1.807) is 0 Å². The molecule has 1 unspecified atom stereocenters. The summed E-state index contributed by atoms with van der Waals surface area (Å²) in [6.07, 6.45) is 4.00. The van der Waals surface area contributed by atoms with Crippen molar-refractivity contribution in [2.75, 3.05) is 13.2 Å². The van der Waals surface area contributed by atoms with Gasteiger partial charge in [0.15, 0.2) is 0 Å². The van der Waals surface area contributed by atoms with Gasteiger partial charge in [0.25, 0.3) is 0 Å². The molecule has 13 heavy (non-hydrogen) atoms. The predicted octanol–water partition coefficient (Wildman–Crippen LogP) is 2.19. The first-order chi connectivity index (χ1) is 6.14. The lowest BCUT2D eigenvalue weighted by Gasteiger charge is -2.31. The Balaban J connectivity index is 4.19. The molecular weight excluding hydrogens is 164 g/mol. The molecule has 1 atom stereocenters. The average molecular weight is 188 g/mol. The lowest BCUT2D eigenvalue weighted by Crippen LogP contribution is -2.31. The van der Waals surface area contributed by atoms with E-state index in [1.165, 1.54) is 0 Å². The van der Waals surface area contributed by atoms with Gasteiger partial charge in [-0.15, -0.1) is 0 Å². The maximum Gasteiger partial charge on any atom is 0.0509 e. The Morgan fingerprint density at radius 1 is 1.15 bits per heavy atom. The van der Waals surface area contributed by atoms with E-state index in [-0.39, 0.29) is 18.6 Å². The van der Waals surface area contributed by atoms with Crippen LogP contribution in [0.4, 0.5) is 0 Å². The van der Waals surface area contributed by atoms with Crippen LogP contribution in [0.15, 0.2) is 0 Å². The second kappa shape index (κ2) is 6.39. The third kappa shape index (κ3) is 4.10. The Hall–Kier alpha value is -0.0800. The highest BCUT2D eigenvalue weighted by Crippen LogP contribution is 2.31. The third-order valence-corrected chi connectivity index (χ3v) is 2.93. The predicted molar refractivity (Wildman–Crippen MR) is 55.6 cm³/mol. The fourth-order valence-electron chi connectivity index (χ4n) is 1.85. The molecule has 0 aliphatic heterocycles. The molecular formula is C11H24O2. The summed E-state index contributed by atoms with van der Waals surface area (Å²) in [5.74, 6) is 0.589. The van der Waals surface area contributed by atoms with Gasteiger partial charge in [-0.3, -0.25) is 0 Å². The molecule has 0 saturated heterocycles. The molecule has 0 spiro atoms. The van der Waals surface area contributed by atoms with E-state index in [9.17, 15) is 10.2 Å². The van der Waals surface area contributed by atoms with Crippen LogP contribution >= 0.6 is 0 Å². The summed E-state index contributed by atoms with van der Waals surface area (Å²) in [5.41, 5.74) is -0.232. The van der Waals surface area contributed by atoms with Crippen LogP contribution in [-0.2, 0) is 0 Å². The largest absolute Gasteiger partial charge is 0.396 e. The molecule has 0 fully saturated rings. The minimum Gasteiger partial charge on any atom is -0.396 e. The zero-order valence-electron chi connectivity index (χ0n) is 9.21. The molecule has 0 radical (unpaired) electrons. The molecule has 0 aliphatic carbocycles. The molecule has 2 heteroatoms. The number of hydrogen-bond donors (Lipinski definition) is 2. The van der Waals surface area contributed by atoms with Crippen molar-refractivity contribution in [3.05, 3.63) is 0 Å². The minimum absolute atomic E-state index is 0.113. The Labute approximate surface area is 82.0 Å². The first-order valence-corrected chi connectivity index (χ1v) is 5.35. The van der Waals surface area contributed by atoms with Gasteiger partial charge in [-0.05, 0) is 18.8 Å². The van der Waals surface area contributed by atoms with Crippen molar-refractivity contribution in [2.24, 2.45) is 11.3 Å².